The first-order valence-electron chi connectivity index (χ1n) is 7.16. The summed E-state index contributed by atoms with van der Waals surface area (Å²) in [5, 5.41) is 0. The molecule has 3 heteroatoms. The Hall–Kier alpha value is -1.35. The van der Waals surface area contributed by atoms with Gasteiger partial charge in [0.05, 0.1) is 5.56 Å². The number of rotatable bonds is 3. The van der Waals surface area contributed by atoms with Crippen molar-refractivity contribution in [3.63, 3.8) is 0 Å². The first-order chi connectivity index (χ1) is 9.35. The monoisotopic (exact) mass is 275 g/mol. The minimum atomic E-state index is -0.433. The Bertz CT molecular complexity index is 479. The van der Waals surface area contributed by atoms with Crippen molar-refractivity contribution >= 4 is 5.97 Å². The maximum absolute atomic E-state index is 11.9. The van der Waals surface area contributed by atoms with Crippen molar-refractivity contribution < 1.29 is 14.6 Å². The Kier molecular flexibility index (Phi) is 4.48. The number of carbonyl (C=O) groups excluding carboxylic acids is 1. The molecule has 1 aliphatic carbocycles. The Morgan fingerprint density at radius 1 is 1.35 bits per heavy atom. The van der Waals surface area contributed by atoms with E-state index >= 15 is 0 Å². The minimum Gasteiger partial charge on any atom is -0.292 e. The molecule has 1 aromatic rings. The van der Waals surface area contributed by atoms with Crippen LogP contribution in [0, 0.1) is 24.4 Å². The summed E-state index contributed by atoms with van der Waals surface area (Å²) in [6.45, 7) is 8.58. The summed E-state index contributed by atoms with van der Waals surface area (Å²) in [7, 11) is 0. The van der Waals surface area contributed by atoms with Gasteiger partial charge in [-0.1, -0.05) is 38.5 Å². The van der Waals surface area contributed by atoms with Crippen molar-refractivity contribution in [1.29, 1.82) is 0 Å². The molecular formula is C17H23O3. The summed E-state index contributed by atoms with van der Waals surface area (Å²) in [6, 6.07) is 7.31. The fourth-order valence-corrected chi connectivity index (χ4v) is 3.06. The van der Waals surface area contributed by atoms with E-state index in [4.69, 9.17) is 9.78 Å². The molecule has 1 fully saturated rings. The van der Waals surface area contributed by atoms with Gasteiger partial charge in [-0.25, -0.2) is 4.79 Å². The zero-order valence-electron chi connectivity index (χ0n) is 12.7. The van der Waals surface area contributed by atoms with Gasteiger partial charge in [0.1, 0.15) is 6.10 Å². The fraction of sp³-hybridized carbons (Fsp3) is 0.529. The fourth-order valence-electron chi connectivity index (χ4n) is 3.06. The summed E-state index contributed by atoms with van der Waals surface area (Å²) in [5.41, 5.74) is 1.76. The second kappa shape index (κ2) is 5.96. The van der Waals surface area contributed by atoms with E-state index in [2.05, 4.69) is 20.8 Å². The number of carbonyl (C=O) groups is 1. The highest BCUT2D eigenvalue weighted by Crippen LogP contribution is 2.43. The number of benzene rings is 1. The van der Waals surface area contributed by atoms with Gasteiger partial charge in [-0.3, -0.25) is 4.89 Å². The van der Waals surface area contributed by atoms with E-state index in [0.29, 0.717) is 11.5 Å². The van der Waals surface area contributed by atoms with Crippen LogP contribution in [0.5, 0.6) is 0 Å². The van der Waals surface area contributed by atoms with Crippen LogP contribution in [0.2, 0.25) is 0 Å². The predicted molar refractivity (Wildman–Crippen MR) is 77.7 cm³/mol. The lowest BCUT2D eigenvalue weighted by Gasteiger charge is -2.36. The van der Waals surface area contributed by atoms with Crippen molar-refractivity contribution in [3.8, 4) is 0 Å². The lowest BCUT2D eigenvalue weighted by atomic mass is 9.71. The van der Waals surface area contributed by atoms with Gasteiger partial charge < -0.3 is 0 Å². The molecule has 1 unspecified atom stereocenters. The molecule has 1 aromatic carbocycles. The highest BCUT2D eigenvalue weighted by Gasteiger charge is 2.34. The smallest absolute Gasteiger partial charge is 0.292 e. The van der Waals surface area contributed by atoms with E-state index in [9.17, 15) is 4.79 Å². The summed E-state index contributed by atoms with van der Waals surface area (Å²) >= 11 is 0. The third kappa shape index (κ3) is 4.07. The third-order valence-corrected chi connectivity index (χ3v) is 3.64. The molecule has 0 aromatic heterocycles. The van der Waals surface area contributed by atoms with Crippen molar-refractivity contribution in [2.24, 2.45) is 11.3 Å². The van der Waals surface area contributed by atoms with E-state index in [1.807, 2.05) is 19.1 Å². The van der Waals surface area contributed by atoms with Gasteiger partial charge in [0.25, 0.3) is 0 Å². The number of hydrogen-bond donors (Lipinski definition) is 0. The van der Waals surface area contributed by atoms with E-state index in [1.54, 1.807) is 12.1 Å². The average Bonchev–Trinajstić information content (AvgIpc) is 2.33. The molecule has 0 saturated heterocycles. The zero-order valence-corrected chi connectivity index (χ0v) is 12.7. The quantitative estimate of drug-likeness (QED) is 0.603. The van der Waals surface area contributed by atoms with Crippen LogP contribution in [-0.4, -0.2) is 5.97 Å². The topological polar surface area (TPSA) is 35.5 Å². The van der Waals surface area contributed by atoms with Crippen LogP contribution in [0.1, 0.15) is 56.0 Å². The van der Waals surface area contributed by atoms with Crippen LogP contribution < -0.4 is 0 Å². The standard InChI is InChI=1S/C17H23O3/c1-12-6-5-7-14(8-12)16(18)20-19-15-9-13(2)10-17(3,4)11-15/h5-8,13H,9-11H2,1-4H3. The van der Waals surface area contributed by atoms with Gasteiger partial charge in [0, 0.05) is 0 Å². The molecule has 1 radical (unpaired) electrons. The van der Waals surface area contributed by atoms with Crippen LogP contribution in [0.25, 0.3) is 0 Å². The lowest BCUT2D eigenvalue weighted by molar-refractivity contribution is -0.245. The molecular weight excluding hydrogens is 252 g/mol. The van der Waals surface area contributed by atoms with Gasteiger partial charge in [-0.15, -0.1) is 0 Å². The maximum atomic E-state index is 11.9. The first kappa shape index (κ1) is 15.0. The molecule has 0 aliphatic heterocycles. The highest BCUT2D eigenvalue weighted by atomic mass is 17.2. The van der Waals surface area contributed by atoms with Crippen molar-refractivity contribution in [3.05, 3.63) is 41.5 Å². The van der Waals surface area contributed by atoms with E-state index < -0.39 is 5.97 Å². The van der Waals surface area contributed by atoms with Crippen molar-refractivity contribution in [2.45, 2.75) is 47.0 Å². The summed E-state index contributed by atoms with van der Waals surface area (Å²) in [5.74, 6) is 0.128. The molecule has 1 aliphatic rings. The summed E-state index contributed by atoms with van der Waals surface area (Å²) in [6.07, 6.45) is 3.75. The van der Waals surface area contributed by atoms with E-state index in [-0.39, 0.29) is 5.41 Å². The Morgan fingerprint density at radius 2 is 2.10 bits per heavy atom. The Balaban J connectivity index is 1.90. The van der Waals surface area contributed by atoms with Gasteiger partial charge in [-0.2, -0.15) is 4.89 Å². The number of hydrogen-bond acceptors (Lipinski definition) is 3. The zero-order chi connectivity index (χ0) is 14.8. The molecule has 1 atom stereocenters. The second-order valence-corrected chi connectivity index (χ2v) is 6.72. The molecule has 0 N–H and O–H groups in total. The molecule has 0 spiro atoms. The number of aryl methyl sites for hydroxylation is 1. The van der Waals surface area contributed by atoms with Crippen molar-refractivity contribution in [1.82, 2.24) is 0 Å². The normalized spacial score (nSPS) is 22.5. The average molecular weight is 275 g/mol. The first-order valence-corrected chi connectivity index (χ1v) is 7.16. The van der Waals surface area contributed by atoms with Crippen LogP contribution in [0.4, 0.5) is 0 Å². The lowest BCUT2D eigenvalue weighted by Crippen LogP contribution is -2.28. The van der Waals surface area contributed by atoms with E-state index in [1.165, 1.54) is 6.42 Å². The molecule has 1 saturated carbocycles. The second-order valence-electron chi connectivity index (χ2n) is 6.72. The molecule has 0 bridgehead atoms. The van der Waals surface area contributed by atoms with Crippen LogP contribution in [0.3, 0.4) is 0 Å². The predicted octanol–water partition coefficient (Wildman–Crippen LogP) is 4.46. The van der Waals surface area contributed by atoms with Crippen LogP contribution >= 0.6 is 0 Å². The highest BCUT2D eigenvalue weighted by molar-refractivity contribution is 5.89. The Morgan fingerprint density at radius 3 is 2.75 bits per heavy atom. The largest absolute Gasteiger partial charge is 0.373 e. The Labute approximate surface area is 121 Å². The third-order valence-electron chi connectivity index (χ3n) is 3.64. The molecule has 3 nitrogen and oxygen atoms in total. The minimum absolute atomic E-state index is 0.211. The molecule has 20 heavy (non-hydrogen) atoms. The van der Waals surface area contributed by atoms with Gasteiger partial charge in [0.2, 0.25) is 0 Å². The molecule has 0 amide bonds. The van der Waals surface area contributed by atoms with Crippen molar-refractivity contribution in [2.75, 3.05) is 0 Å². The molecule has 2 rings (SSSR count). The van der Waals surface area contributed by atoms with Gasteiger partial charge in [-0.05, 0) is 49.7 Å². The van der Waals surface area contributed by atoms with Gasteiger partial charge >= 0.3 is 5.97 Å². The molecule has 109 valence electrons. The van der Waals surface area contributed by atoms with Crippen LogP contribution in [0.15, 0.2) is 24.3 Å². The maximum Gasteiger partial charge on any atom is 0.373 e. The SMILES string of the molecule is Cc1cccc(C(=O)OO[C]2CC(C)CC(C)(C)C2)c1. The van der Waals surface area contributed by atoms with E-state index in [0.717, 1.165) is 24.5 Å². The summed E-state index contributed by atoms with van der Waals surface area (Å²) < 4.78 is 0. The molecule has 0 heterocycles. The van der Waals surface area contributed by atoms with Gasteiger partial charge in [0.15, 0.2) is 0 Å². The van der Waals surface area contributed by atoms with Crippen LogP contribution in [-0.2, 0) is 9.78 Å². The summed E-state index contributed by atoms with van der Waals surface area (Å²) in [4.78, 5) is 22.2.